The Hall–Kier alpha value is -1.18. The van der Waals surface area contributed by atoms with Crippen LogP contribution in [-0.2, 0) is 22.7 Å². The highest BCUT2D eigenvalue weighted by atomic mass is 31.3. The number of anilines is 1. The van der Waals surface area contributed by atoms with Crippen molar-refractivity contribution in [1.82, 2.24) is 9.55 Å². The lowest BCUT2D eigenvalue weighted by molar-refractivity contribution is -0.0542. The lowest BCUT2D eigenvalue weighted by Gasteiger charge is -2.18. The molecule has 1 saturated heterocycles. The van der Waals surface area contributed by atoms with Crippen molar-refractivity contribution in [2.24, 2.45) is 0 Å². The second-order valence-corrected chi connectivity index (χ2v) is 8.21. The molecule has 0 aromatic carbocycles. The monoisotopic (exact) mass is 417 g/mol. The van der Waals surface area contributed by atoms with E-state index in [0.29, 0.717) is 5.56 Å². The fraction of sp³-hybridized carbons (Fsp3) is 0.600. The van der Waals surface area contributed by atoms with E-state index < -0.39 is 52.5 Å². The van der Waals surface area contributed by atoms with Gasteiger partial charge in [-0.05, 0) is 6.92 Å². The minimum Gasteiger partial charge on any atom is -0.387 e. The molecule has 14 nitrogen and oxygen atoms in total. The van der Waals surface area contributed by atoms with Crippen LogP contribution in [0.3, 0.4) is 0 Å². The van der Waals surface area contributed by atoms with E-state index in [9.17, 15) is 29.0 Å². The molecule has 0 bridgehead atoms. The number of phosphoric acid groups is 2. The average Bonchev–Trinajstić information content (AvgIpc) is 2.75. The first-order valence-corrected chi connectivity index (χ1v) is 9.94. The normalized spacial score (nSPS) is 28.8. The number of aliphatic hydroxyl groups excluding tert-OH is 2. The molecule has 148 valence electrons. The van der Waals surface area contributed by atoms with Gasteiger partial charge < -0.3 is 35.4 Å². The summed E-state index contributed by atoms with van der Waals surface area (Å²) in [6, 6.07) is 0. The number of nitrogens with zero attached hydrogens (tertiary/aromatic N) is 2. The summed E-state index contributed by atoms with van der Waals surface area (Å²) in [7, 11) is -10.5. The first-order chi connectivity index (χ1) is 11.8. The van der Waals surface area contributed by atoms with E-state index in [2.05, 4.69) is 13.8 Å². The third-order valence-corrected chi connectivity index (χ3v) is 5.55. The Morgan fingerprint density at radius 2 is 1.92 bits per heavy atom. The Labute approximate surface area is 145 Å². The molecule has 1 aromatic rings. The maximum atomic E-state index is 11.9. The highest BCUT2D eigenvalue weighted by molar-refractivity contribution is 7.60. The van der Waals surface area contributed by atoms with Gasteiger partial charge in [-0.25, -0.2) is 13.9 Å². The number of phosphoric ester groups is 1. The quantitative estimate of drug-likeness (QED) is 0.275. The molecular weight excluding hydrogens is 400 g/mol. The number of nitrogens with two attached hydrogens (primary N) is 1. The molecule has 1 aromatic heterocycles. The molecule has 1 aliphatic heterocycles. The molecule has 3 unspecified atom stereocenters. The van der Waals surface area contributed by atoms with Crippen LogP contribution in [0.15, 0.2) is 11.0 Å². The number of hydrogen-bond donors (Lipinski definition) is 6. The molecule has 0 aliphatic carbocycles. The fourth-order valence-electron chi connectivity index (χ4n) is 2.18. The first kappa shape index (κ1) is 21.1. The molecule has 0 amide bonds. The van der Waals surface area contributed by atoms with Crippen LogP contribution in [0.2, 0.25) is 0 Å². The lowest BCUT2D eigenvalue weighted by Crippen LogP contribution is -2.36. The highest BCUT2D eigenvalue weighted by Crippen LogP contribution is 2.57. The van der Waals surface area contributed by atoms with Crippen molar-refractivity contribution in [1.29, 1.82) is 0 Å². The van der Waals surface area contributed by atoms with Crippen molar-refractivity contribution in [3.63, 3.8) is 0 Å². The number of hydrogen-bond acceptors (Lipinski definition) is 10. The van der Waals surface area contributed by atoms with E-state index in [1.165, 1.54) is 13.1 Å². The predicted molar refractivity (Wildman–Crippen MR) is 82.5 cm³/mol. The minimum absolute atomic E-state index is 0.0324. The van der Waals surface area contributed by atoms with Crippen LogP contribution in [0.4, 0.5) is 5.82 Å². The van der Waals surface area contributed by atoms with Crippen molar-refractivity contribution in [3.8, 4) is 0 Å². The smallest absolute Gasteiger partial charge is 0.387 e. The van der Waals surface area contributed by atoms with Crippen molar-refractivity contribution < 1.29 is 47.6 Å². The summed E-state index contributed by atoms with van der Waals surface area (Å²) in [5, 5.41) is 20.0. The number of aryl methyl sites for hydroxylation is 1. The molecule has 1 fully saturated rings. The van der Waals surface area contributed by atoms with E-state index in [1.807, 2.05) is 0 Å². The third-order valence-electron chi connectivity index (χ3n) is 3.40. The van der Waals surface area contributed by atoms with Gasteiger partial charge in [-0.2, -0.15) is 9.29 Å². The SMILES string of the molecule is Cc1cn([C@@H]2O[C@H](COP(=O)(O)OP(=O)(O)O)C(O)C2O)c(=O)nc1N. The zero-order chi connectivity index (χ0) is 19.9. The second-order valence-electron chi connectivity index (χ2n) is 5.38. The van der Waals surface area contributed by atoms with Gasteiger partial charge in [-0.3, -0.25) is 9.09 Å². The van der Waals surface area contributed by atoms with Crippen LogP contribution in [0.5, 0.6) is 0 Å². The Morgan fingerprint density at radius 1 is 1.31 bits per heavy atom. The summed E-state index contributed by atoms with van der Waals surface area (Å²) >= 11 is 0. The van der Waals surface area contributed by atoms with Crippen LogP contribution < -0.4 is 11.4 Å². The van der Waals surface area contributed by atoms with Crippen molar-refractivity contribution in [2.75, 3.05) is 12.3 Å². The number of ether oxygens (including phenoxy) is 1. The zero-order valence-electron chi connectivity index (χ0n) is 13.1. The molecule has 0 spiro atoms. The van der Waals surface area contributed by atoms with Gasteiger partial charge in [0, 0.05) is 11.8 Å². The van der Waals surface area contributed by atoms with E-state index in [4.69, 9.17) is 20.3 Å². The largest absolute Gasteiger partial charge is 0.481 e. The van der Waals surface area contributed by atoms with Gasteiger partial charge in [0.1, 0.15) is 24.1 Å². The molecule has 2 rings (SSSR count). The maximum Gasteiger partial charge on any atom is 0.481 e. The van der Waals surface area contributed by atoms with Gasteiger partial charge in [0.15, 0.2) is 6.23 Å². The standard InChI is InChI=1S/C10H17N3O11P2/c1-4-2-13(10(16)12-8(4)11)9-7(15)6(14)5(23-9)3-22-26(20,21)24-25(17,18)19/h2,5-7,9,14-15H,3H2,1H3,(H,20,21)(H2,11,12,16)(H2,17,18,19)/t5-,6?,7?,9-/m1/s1. The van der Waals surface area contributed by atoms with Crippen LogP contribution in [0, 0.1) is 6.92 Å². The number of aromatic nitrogens is 2. The number of nitrogen functional groups attached to an aromatic ring is 1. The Bertz CT molecular complexity index is 823. The molecule has 5 atom stereocenters. The van der Waals surface area contributed by atoms with E-state index >= 15 is 0 Å². The van der Waals surface area contributed by atoms with Crippen LogP contribution in [-0.4, -0.2) is 59.4 Å². The van der Waals surface area contributed by atoms with Crippen LogP contribution in [0.1, 0.15) is 11.8 Å². The number of rotatable bonds is 6. The van der Waals surface area contributed by atoms with Crippen molar-refractivity contribution in [3.05, 3.63) is 22.2 Å². The fourth-order valence-corrected chi connectivity index (χ4v) is 3.78. The molecule has 0 saturated carbocycles. The molecular formula is C10H17N3O11P2. The van der Waals surface area contributed by atoms with Crippen molar-refractivity contribution in [2.45, 2.75) is 31.5 Å². The zero-order valence-corrected chi connectivity index (χ0v) is 14.9. The third kappa shape index (κ3) is 4.96. The Balaban J connectivity index is 2.13. The Kier molecular flexibility index (Phi) is 6.05. The molecule has 1 aliphatic rings. The van der Waals surface area contributed by atoms with Gasteiger partial charge in [0.2, 0.25) is 0 Å². The minimum atomic E-state index is -5.31. The summed E-state index contributed by atoms with van der Waals surface area (Å²) in [4.78, 5) is 41.6. The maximum absolute atomic E-state index is 11.9. The molecule has 26 heavy (non-hydrogen) atoms. The van der Waals surface area contributed by atoms with Crippen molar-refractivity contribution >= 4 is 21.5 Å². The van der Waals surface area contributed by atoms with Gasteiger partial charge >= 0.3 is 21.3 Å². The molecule has 7 N–H and O–H groups in total. The van der Waals surface area contributed by atoms with Crippen LogP contribution in [0.25, 0.3) is 0 Å². The second kappa shape index (κ2) is 7.44. The van der Waals surface area contributed by atoms with E-state index in [0.717, 1.165) is 4.57 Å². The Morgan fingerprint density at radius 3 is 2.50 bits per heavy atom. The lowest BCUT2D eigenvalue weighted by atomic mass is 10.1. The highest BCUT2D eigenvalue weighted by Gasteiger charge is 2.45. The first-order valence-electron chi connectivity index (χ1n) is 6.92. The topological polar surface area (TPSA) is 224 Å². The van der Waals surface area contributed by atoms with Crippen LogP contribution >= 0.6 is 15.6 Å². The summed E-state index contributed by atoms with van der Waals surface area (Å²) in [5.41, 5.74) is 5.01. The average molecular weight is 417 g/mol. The molecule has 16 heteroatoms. The van der Waals surface area contributed by atoms with Gasteiger partial charge in [0.25, 0.3) is 0 Å². The summed E-state index contributed by atoms with van der Waals surface area (Å²) in [6.07, 6.45) is -4.87. The molecule has 2 heterocycles. The molecule has 0 radical (unpaired) electrons. The predicted octanol–water partition coefficient (Wildman–Crippen LogP) is -2.02. The summed E-state index contributed by atoms with van der Waals surface area (Å²) in [5.74, 6) is -0.0324. The van der Waals surface area contributed by atoms with E-state index in [-0.39, 0.29) is 5.82 Å². The van der Waals surface area contributed by atoms with Gasteiger partial charge in [0.05, 0.1) is 6.61 Å². The van der Waals surface area contributed by atoms with E-state index in [1.54, 1.807) is 0 Å². The number of aliphatic hydroxyl groups is 2. The van der Waals surface area contributed by atoms with Gasteiger partial charge in [-0.1, -0.05) is 0 Å². The summed E-state index contributed by atoms with van der Waals surface area (Å²) < 4.78 is 36.0. The summed E-state index contributed by atoms with van der Waals surface area (Å²) in [6.45, 7) is 0.663. The van der Waals surface area contributed by atoms with Gasteiger partial charge in [-0.15, -0.1) is 0 Å².